The molecule has 14 heavy (non-hydrogen) atoms. The molecule has 0 spiro atoms. The van der Waals surface area contributed by atoms with E-state index in [1.807, 2.05) is 20.0 Å². The van der Waals surface area contributed by atoms with Crippen molar-refractivity contribution in [3.8, 4) is 9.88 Å². The zero-order valence-corrected chi connectivity index (χ0v) is 10.3. The summed E-state index contributed by atoms with van der Waals surface area (Å²) in [6.45, 7) is 4.03. The topological polar surface area (TPSA) is 25.8 Å². The van der Waals surface area contributed by atoms with Crippen LogP contribution in [0.3, 0.4) is 0 Å². The summed E-state index contributed by atoms with van der Waals surface area (Å²) in [5.41, 5.74) is 1.06. The van der Waals surface area contributed by atoms with Crippen LogP contribution in [0.15, 0.2) is 6.20 Å². The van der Waals surface area contributed by atoms with Crippen molar-refractivity contribution < 1.29 is 0 Å². The Morgan fingerprint density at radius 2 is 2.14 bits per heavy atom. The average molecular weight is 245 g/mol. The van der Waals surface area contributed by atoms with Gasteiger partial charge in [-0.1, -0.05) is 0 Å². The van der Waals surface area contributed by atoms with Gasteiger partial charge in [0, 0.05) is 11.1 Å². The first-order chi connectivity index (χ1) is 6.70. The maximum Gasteiger partial charge on any atom is 0.135 e. The molecule has 2 nitrogen and oxygen atoms in total. The molecule has 0 aliphatic heterocycles. The fourth-order valence-corrected chi connectivity index (χ4v) is 3.25. The Bertz CT molecular complexity index is 447. The van der Waals surface area contributed by atoms with Gasteiger partial charge in [0.2, 0.25) is 0 Å². The summed E-state index contributed by atoms with van der Waals surface area (Å²) < 4.78 is 0. The van der Waals surface area contributed by atoms with Crippen LogP contribution in [0.4, 0.5) is 0 Å². The molecule has 2 aromatic rings. The predicted octanol–water partition coefficient (Wildman–Crippen LogP) is 3.62. The van der Waals surface area contributed by atoms with Gasteiger partial charge in [-0.3, -0.25) is 0 Å². The highest BCUT2D eigenvalue weighted by molar-refractivity contribution is 7.21. The van der Waals surface area contributed by atoms with Crippen LogP contribution in [-0.4, -0.2) is 9.97 Å². The Labute approximate surface area is 95.6 Å². The van der Waals surface area contributed by atoms with Gasteiger partial charge in [-0.15, -0.1) is 34.3 Å². The van der Waals surface area contributed by atoms with Gasteiger partial charge >= 0.3 is 0 Å². The number of nitrogens with zero attached hydrogens (tertiary/aromatic N) is 2. The highest BCUT2D eigenvalue weighted by Gasteiger charge is 2.11. The Kier molecular flexibility index (Phi) is 2.85. The molecule has 0 N–H and O–H groups in total. The van der Waals surface area contributed by atoms with Gasteiger partial charge in [0.15, 0.2) is 0 Å². The third-order valence-corrected chi connectivity index (χ3v) is 4.45. The van der Waals surface area contributed by atoms with Crippen molar-refractivity contribution in [2.24, 2.45) is 0 Å². The number of aryl methyl sites for hydroxylation is 2. The summed E-state index contributed by atoms with van der Waals surface area (Å²) in [7, 11) is 0. The zero-order chi connectivity index (χ0) is 10.1. The van der Waals surface area contributed by atoms with Crippen molar-refractivity contribution in [2.45, 2.75) is 19.7 Å². The minimum atomic E-state index is 0.536. The van der Waals surface area contributed by atoms with Crippen LogP contribution in [0.2, 0.25) is 0 Å². The average Bonchev–Trinajstić information content (AvgIpc) is 2.71. The summed E-state index contributed by atoms with van der Waals surface area (Å²) in [5.74, 6) is 0.536. The van der Waals surface area contributed by atoms with E-state index < -0.39 is 0 Å². The first-order valence-corrected chi connectivity index (χ1v) is 6.32. The number of alkyl halides is 1. The quantitative estimate of drug-likeness (QED) is 0.754. The van der Waals surface area contributed by atoms with Crippen LogP contribution < -0.4 is 0 Å². The van der Waals surface area contributed by atoms with Gasteiger partial charge in [-0.05, 0) is 13.8 Å². The van der Waals surface area contributed by atoms with Crippen LogP contribution in [0.5, 0.6) is 0 Å². The van der Waals surface area contributed by atoms with E-state index in [0.717, 1.165) is 20.6 Å². The van der Waals surface area contributed by atoms with Crippen molar-refractivity contribution in [1.82, 2.24) is 9.97 Å². The van der Waals surface area contributed by atoms with E-state index in [9.17, 15) is 0 Å². The summed E-state index contributed by atoms with van der Waals surface area (Å²) in [6.07, 6.45) is 1.83. The maximum absolute atomic E-state index is 5.73. The number of halogens is 1. The molecule has 2 aromatic heterocycles. The second-order valence-electron chi connectivity index (χ2n) is 2.91. The van der Waals surface area contributed by atoms with E-state index in [2.05, 4.69) is 9.97 Å². The van der Waals surface area contributed by atoms with Gasteiger partial charge in [0.25, 0.3) is 0 Å². The first kappa shape index (κ1) is 10.1. The van der Waals surface area contributed by atoms with Gasteiger partial charge in [-0.2, -0.15) is 0 Å². The molecular weight excluding hydrogens is 236 g/mol. The van der Waals surface area contributed by atoms with Gasteiger partial charge in [0.1, 0.15) is 5.01 Å². The lowest BCUT2D eigenvalue weighted by atomic mass is 10.4. The lowest BCUT2D eigenvalue weighted by Gasteiger charge is -1.89. The molecule has 0 saturated heterocycles. The Morgan fingerprint density at radius 1 is 1.36 bits per heavy atom. The number of hydrogen-bond acceptors (Lipinski definition) is 4. The standard InChI is InChI=1S/C9H9ClN2S2/c1-5-8(13-6(2)12-5)9-11-4-7(3-10)14-9/h4H,3H2,1-2H3. The summed E-state index contributed by atoms with van der Waals surface area (Å²) in [6, 6.07) is 0. The molecule has 0 saturated carbocycles. The van der Waals surface area contributed by atoms with Crippen molar-refractivity contribution in [2.75, 3.05) is 0 Å². The smallest absolute Gasteiger partial charge is 0.135 e. The van der Waals surface area contributed by atoms with Gasteiger partial charge < -0.3 is 0 Å². The molecule has 74 valence electrons. The molecular formula is C9H9ClN2S2. The van der Waals surface area contributed by atoms with Crippen molar-refractivity contribution in [1.29, 1.82) is 0 Å². The fourth-order valence-electron chi connectivity index (χ4n) is 1.20. The van der Waals surface area contributed by atoms with E-state index in [-0.39, 0.29) is 0 Å². The second kappa shape index (κ2) is 3.96. The zero-order valence-electron chi connectivity index (χ0n) is 7.87. The molecule has 0 amide bonds. The highest BCUT2D eigenvalue weighted by atomic mass is 35.5. The monoisotopic (exact) mass is 244 g/mol. The SMILES string of the molecule is Cc1nc(C)c(-c2ncc(CCl)s2)s1. The third kappa shape index (κ3) is 1.82. The van der Waals surface area contributed by atoms with Crippen LogP contribution in [0.1, 0.15) is 15.6 Å². The molecule has 0 aliphatic carbocycles. The van der Waals surface area contributed by atoms with E-state index in [1.165, 1.54) is 4.88 Å². The highest BCUT2D eigenvalue weighted by Crippen LogP contribution is 2.32. The summed E-state index contributed by atoms with van der Waals surface area (Å²) in [4.78, 5) is 11.0. The number of hydrogen-bond donors (Lipinski definition) is 0. The number of rotatable bonds is 2. The summed E-state index contributed by atoms with van der Waals surface area (Å²) in [5, 5.41) is 2.11. The Balaban J connectivity index is 2.43. The second-order valence-corrected chi connectivity index (χ2v) is 5.50. The van der Waals surface area contributed by atoms with Crippen molar-refractivity contribution in [3.63, 3.8) is 0 Å². The van der Waals surface area contributed by atoms with E-state index in [0.29, 0.717) is 5.88 Å². The van der Waals surface area contributed by atoms with Gasteiger partial charge in [-0.25, -0.2) is 9.97 Å². The third-order valence-electron chi connectivity index (χ3n) is 1.78. The Hall–Kier alpha value is -0.450. The molecule has 0 bridgehead atoms. The molecule has 0 atom stereocenters. The predicted molar refractivity (Wildman–Crippen MR) is 62.3 cm³/mol. The molecule has 0 fully saturated rings. The first-order valence-electron chi connectivity index (χ1n) is 4.16. The van der Waals surface area contributed by atoms with E-state index in [1.54, 1.807) is 22.7 Å². The van der Waals surface area contributed by atoms with Crippen molar-refractivity contribution >= 4 is 34.3 Å². The molecule has 0 unspecified atom stereocenters. The van der Waals surface area contributed by atoms with Crippen LogP contribution in [0.25, 0.3) is 9.88 Å². The lowest BCUT2D eigenvalue weighted by Crippen LogP contribution is -1.75. The fraction of sp³-hybridized carbons (Fsp3) is 0.333. The Morgan fingerprint density at radius 3 is 2.64 bits per heavy atom. The minimum Gasteiger partial charge on any atom is -0.246 e. The molecule has 5 heteroatoms. The number of aromatic nitrogens is 2. The number of thiazole rings is 2. The van der Waals surface area contributed by atoms with Crippen LogP contribution >= 0.6 is 34.3 Å². The van der Waals surface area contributed by atoms with Gasteiger partial charge in [0.05, 0.1) is 21.5 Å². The molecule has 0 radical (unpaired) electrons. The van der Waals surface area contributed by atoms with Crippen LogP contribution in [-0.2, 0) is 5.88 Å². The van der Waals surface area contributed by atoms with E-state index in [4.69, 9.17) is 11.6 Å². The molecule has 2 heterocycles. The lowest BCUT2D eigenvalue weighted by molar-refractivity contribution is 1.20. The summed E-state index contributed by atoms with van der Waals surface area (Å²) >= 11 is 9.06. The molecule has 2 rings (SSSR count). The minimum absolute atomic E-state index is 0.536. The van der Waals surface area contributed by atoms with E-state index >= 15 is 0 Å². The molecule has 0 aliphatic rings. The van der Waals surface area contributed by atoms with Crippen molar-refractivity contribution in [3.05, 3.63) is 21.8 Å². The maximum atomic E-state index is 5.73. The largest absolute Gasteiger partial charge is 0.246 e. The van der Waals surface area contributed by atoms with Crippen LogP contribution in [0, 0.1) is 13.8 Å². The molecule has 0 aromatic carbocycles. The normalized spacial score (nSPS) is 10.8.